The molecule has 0 atom stereocenters. The third kappa shape index (κ3) is 3.86. The molecule has 128 valence electrons. The van der Waals surface area contributed by atoms with Crippen LogP contribution in [0.2, 0.25) is 0 Å². The highest BCUT2D eigenvalue weighted by Crippen LogP contribution is 2.28. The molecular weight excluding hydrogens is 306 g/mol. The fourth-order valence-corrected chi connectivity index (χ4v) is 2.93. The van der Waals surface area contributed by atoms with Crippen LogP contribution in [0, 0.1) is 0 Å². The maximum absolute atomic E-state index is 11.5. The molecule has 1 aliphatic heterocycles. The molecule has 3 rings (SSSR count). The van der Waals surface area contributed by atoms with E-state index in [4.69, 9.17) is 4.74 Å². The van der Waals surface area contributed by atoms with E-state index in [-0.39, 0.29) is 5.56 Å². The summed E-state index contributed by atoms with van der Waals surface area (Å²) in [6.45, 7) is 5.56. The maximum Gasteiger partial charge on any atom is 0.287 e. The van der Waals surface area contributed by atoms with Gasteiger partial charge in [0.2, 0.25) is 0 Å². The van der Waals surface area contributed by atoms with E-state index in [2.05, 4.69) is 31.4 Å². The first-order valence-electron chi connectivity index (χ1n) is 8.16. The Kier molecular flexibility index (Phi) is 5.32. The summed E-state index contributed by atoms with van der Waals surface area (Å²) in [5.41, 5.74) is 1.54. The summed E-state index contributed by atoms with van der Waals surface area (Å²) < 4.78 is 5.45. The summed E-state index contributed by atoms with van der Waals surface area (Å²) in [4.78, 5) is 16.3. The van der Waals surface area contributed by atoms with Gasteiger partial charge in [0.05, 0.1) is 12.8 Å². The standard InChI is InChI=1S/C17H23N5O2/c1-24-16-5-3-2-4-15(16)22-12-10-21(11-13-22)9-8-18-14-6-7-19-20-17(14)23/h2-7H,8-13H2,1H3,(H,18,19)(H,20,23). The van der Waals surface area contributed by atoms with Crippen LogP contribution in [0.4, 0.5) is 11.4 Å². The average Bonchev–Trinajstić information content (AvgIpc) is 2.64. The minimum Gasteiger partial charge on any atom is -0.495 e. The molecule has 1 aromatic heterocycles. The Morgan fingerprint density at radius 1 is 1.21 bits per heavy atom. The zero-order valence-corrected chi connectivity index (χ0v) is 13.9. The molecule has 0 saturated carbocycles. The van der Waals surface area contributed by atoms with Gasteiger partial charge < -0.3 is 15.0 Å². The fourth-order valence-electron chi connectivity index (χ4n) is 2.93. The van der Waals surface area contributed by atoms with Crippen molar-refractivity contribution in [1.29, 1.82) is 0 Å². The lowest BCUT2D eigenvalue weighted by Crippen LogP contribution is -2.47. The molecule has 1 saturated heterocycles. The first-order chi connectivity index (χ1) is 11.8. The summed E-state index contributed by atoms with van der Waals surface area (Å²) >= 11 is 0. The van der Waals surface area contributed by atoms with Crippen molar-refractivity contribution >= 4 is 11.4 Å². The Balaban J connectivity index is 1.47. The van der Waals surface area contributed by atoms with Crippen molar-refractivity contribution in [2.45, 2.75) is 0 Å². The van der Waals surface area contributed by atoms with Crippen LogP contribution >= 0.6 is 0 Å². The molecule has 2 heterocycles. The highest BCUT2D eigenvalue weighted by Gasteiger charge is 2.19. The number of methoxy groups -OCH3 is 1. The van der Waals surface area contributed by atoms with Gasteiger partial charge in [0.1, 0.15) is 11.4 Å². The third-order valence-electron chi connectivity index (χ3n) is 4.27. The molecule has 1 aliphatic rings. The van der Waals surface area contributed by atoms with E-state index in [1.807, 2.05) is 18.2 Å². The Labute approximate surface area is 141 Å². The van der Waals surface area contributed by atoms with Gasteiger partial charge in [-0.25, -0.2) is 5.10 Å². The Hall–Kier alpha value is -2.54. The molecule has 0 bridgehead atoms. The second-order valence-corrected chi connectivity index (χ2v) is 5.73. The van der Waals surface area contributed by atoms with E-state index in [0.717, 1.165) is 50.7 Å². The van der Waals surface area contributed by atoms with E-state index in [0.29, 0.717) is 5.69 Å². The maximum atomic E-state index is 11.5. The average molecular weight is 329 g/mol. The number of aromatic amines is 1. The second-order valence-electron chi connectivity index (χ2n) is 5.73. The summed E-state index contributed by atoms with van der Waals surface area (Å²) in [6.07, 6.45) is 1.58. The van der Waals surface area contributed by atoms with Crippen molar-refractivity contribution in [3.63, 3.8) is 0 Å². The number of anilines is 2. The molecule has 0 radical (unpaired) electrons. The molecule has 2 N–H and O–H groups in total. The summed E-state index contributed by atoms with van der Waals surface area (Å²) in [5, 5.41) is 9.28. The van der Waals surface area contributed by atoms with Crippen LogP contribution < -0.4 is 20.5 Å². The van der Waals surface area contributed by atoms with Crippen LogP contribution in [0.15, 0.2) is 41.3 Å². The lowest BCUT2D eigenvalue weighted by molar-refractivity contribution is 0.266. The van der Waals surface area contributed by atoms with Crippen LogP contribution in [0.5, 0.6) is 5.75 Å². The second kappa shape index (κ2) is 7.83. The van der Waals surface area contributed by atoms with Gasteiger partial charge in [-0.1, -0.05) is 12.1 Å². The number of nitrogens with one attached hydrogen (secondary N) is 2. The first kappa shape index (κ1) is 16.3. The highest BCUT2D eigenvalue weighted by molar-refractivity contribution is 5.58. The quantitative estimate of drug-likeness (QED) is 0.824. The van der Waals surface area contributed by atoms with Gasteiger partial charge in [-0.15, -0.1) is 0 Å². The Bertz CT molecular complexity index is 710. The predicted octanol–water partition coefficient (Wildman–Crippen LogP) is 1.01. The third-order valence-corrected chi connectivity index (χ3v) is 4.27. The van der Waals surface area contributed by atoms with Crippen LogP contribution in [0.1, 0.15) is 0 Å². The van der Waals surface area contributed by atoms with Gasteiger partial charge >= 0.3 is 0 Å². The molecular formula is C17H23N5O2. The van der Waals surface area contributed by atoms with Gasteiger partial charge in [-0.05, 0) is 18.2 Å². The molecule has 1 aromatic carbocycles. The first-order valence-corrected chi connectivity index (χ1v) is 8.16. The lowest BCUT2D eigenvalue weighted by Gasteiger charge is -2.36. The smallest absolute Gasteiger partial charge is 0.287 e. The minimum absolute atomic E-state index is 0.182. The normalized spacial score (nSPS) is 15.3. The number of benzene rings is 1. The number of H-pyrrole nitrogens is 1. The number of hydrogen-bond acceptors (Lipinski definition) is 6. The molecule has 0 amide bonds. The van der Waals surface area contributed by atoms with Crippen molar-refractivity contribution in [2.24, 2.45) is 0 Å². The molecule has 1 fully saturated rings. The Morgan fingerprint density at radius 3 is 2.75 bits per heavy atom. The number of aromatic nitrogens is 2. The largest absolute Gasteiger partial charge is 0.495 e. The zero-order valence-electron chi connectivity index (χ0n) is 13.9. The summed E-state index contributed by atoms with van der Waals surface area (Å²) in [6, 6.07) is 9.83. The number of ether oxygens (including phenoxy) is 1. The van der Waals surface area contributed by atoms with Gasteiger partial charge in [-0.2, -0.15) is 5.10 Å². The number of piperazine rings is 1. The van der Waals surface area contributed by atoms with E-state index in [9.17, 15) is 4.79 Å². The zero-order chi connectivity index (χ0) is 16.8. The van der Waals surface area contributed by atoms with Crippen molar-refractivity contribution in [3.8, 4) is 5.75 Å². The van der Waals surface area contributed by atoms with Crippen molar-refractivity contribution in [3.05, 3.63) is 46.9 Å². The SMILES string of the molecule is COc1ccccc1N1CCN(CCNc2ccn[nH]c2=O)CC1. The van der Waals surface area contributed by atoms with Gasteiger partial charge in [0.15, 0.2) is 0 Å². The van der Waals surface area contributed by atoms with Crippen molar-refractivity contribution in [1.82, 2.24) is 15.1 Å². The number of para-hydroxylation sites is 2. The van der Waals surface area contributed by atoms with Crippen molar-refractivity contribution < 1.29 is 4.74 Å². The van der Waals surface area contributed by atoms with Crippen LogP contribution in [0.25, 0.3) is 0 Å². The number of hydrogen-bond donors (Lipinski definition) is 2. The lowest BCUT2D eigenvalue weighted by atomic mass is 10.2. The highest BCUT2D eigenvalue weighted by atomic mass is 16.5. The molecule has 7 heteroatoms. The minimum atomic E-state index is -0.182. The number of nitrogens with zero attached hydrogens (tertiary/aromatic N) is 3. The predicted molar refractivity (Wildman–Crippen MR) is 95.0 cm³/mol. The fraction of sp³-hybridized carbons (Fsp3) is 0.412. The molecule has 2 aromatic rings. The van der Waals surface area contributed by atoms with Gasteiger partial charge in [0, 0.05) is 45.5 Å². The summed E-state index contributed by atoms with van der Waals surface area (Å²) in [7, 11) is 1.71. The van der Waals surface area contributed by atoms with E-state index in [1.54, 1.807) is 19.4 Å². The molecule has 0 aliphatic carbocycles. The van der Waals surface area contributed by atoms with Crippen LogP contribution in [-0.2, 0) is 0 Å². The Morgan fingerprint density at radius 2 is 2.00 bits per heavy atom. The van der Waals surface area contributed by atoms with Crippen LogP contribution in [-0.4, -0.2) is 61.5 Å². The topological polar surface area (TPSA) is 73.5 Å². The number of rotatable bonds is 6. The van der Waals surface area contributed by atoms with Crippen molar-refractivity contribution in [2.75, 3.05) is 56.6 Å². The molecule has 24 heavy (non-hydrogen) atoms. The van der Waals surface area contributed by atoms with E-state index < -0.39 is 0 Å². The van der Waals surface area contributed by atoms with Gasteiger partial charge in [0.25, 0.3) is 5.56 Å². The molecule has 0 spiro atoms. The van der Waals surface area contributed by atoms with Crippen LogP contribution in [0.3, 0.4) is 0 Å². The van der Waals surface area contributed by atoms with E-state index >= 15 is 0 Å². The van der Waals surface area contributed by atoms with E-state index in [1.165, 1.54) is 0 Å². The molecule has 0 unspecified atom stereocenters. The summed E-state index contributed by atoms with van der Waals surface area (Å²) in [5.74, 6) is 0.921. The monoisotopic (exact) mass is 329 g/mol. The van der Waals surface area contributed by atoms with Gasteiger partial charge in [-0.3, -0.25) is 9.69 Å². The molecule has 7 nitrogen and oxygen atoms in total.